The molecule has 3 aromatic carbocycles. The molecule has 182 valence electrons. The van der Waals surface area contributed by atoms with Gasteiger partial charge in [0.1, 0.15) is 17.4 Å². The SMILES string of the molecule is COc1ccc(N2C(=O)[C@@H](N(Cc3ccccc3)Cc3ccccc3)[C@H]2C(=O)OC(C)(C)C)cc1. The van der Waals surface area contributed by atoms with Crippen LogP contribution >= 0.6 is 0 Å². The first-order valence-corrected chi connectivity index (χ1v) is 11.8. The number of benzene rings is 3. The van der Waals surface area contributed by atoms with Crippen LogP contribution in [0, 0.1) is 0 Å². The standard InChI is InChI=1S/C29H32N2O4/c1-29(2,3)35-28(33)26-25(27(32)31(26)23-15-17-24(34-4)18-16-23)30(19-21-11-7-5-8-12-21)20-22-13-9-6-10-14-22/h5-18,25-26H,19-20H2,1-4H3/t25-,26-/m0/s1. The molecule has 1 heterocycles. The van der Waals surface area contributed by atoms with Gasteiger partial charge in [0.25, 0.3) is 0 Å². The Morgan fingerprint density at radius 3 is 1.83 bits per heavy atom. The third-order valence-electron chi connectivity index (χ3n) is 5.92. The molecule has 6 nitrogen and oxygen atoms in total. The quantitative estimate of drug-likeness (QED) is 0.347. The van der Waals surface area contributed by atoms with Crippen molar-refractivity contribution in [2.45, 2.75) is 51.5 Å². The second-order valence-electron chi connectivity index (χ2n) is 9.71. The highest BCUT2D eigenvalue weighted by atomic mass is 16.6. The number of anilines is 1. The van der Waals surface area contributed by atoms with Crippen LogP contribution < -0.4 is 9.64 Å². The molecule has 0 unspecified atom stereocenters. The molecule has 0 N–H and O–H groups in total. The number of hydrogen-bond acceptors (Lipinski definition) is 5. The number of carbonyl (C=O) groups excluding carboxylic acids is 2. The molecule has 0 aromatic heterocycles. The molecule has 1 aliphatic heterocycles. The van der Waals surface area contributed by atoms with Crippen LogP contribution in [0.1, 0.15) is 31.9 Å². The Hall–Kier alpha value is -3.64. The molecular formula is C29H32N2O4. The van der Waals surface area contributed by atoms with Crippen molar-refractivity contribution in [1.29, 1.82) is 0 Å². The molecule has 35 heavy (non-hydrogen) atoms. The summed E-state index contributed by atoms with van der Waals surface area (Å²) in [5, 5.41) is 0. The van der Waals surface area contributed by atoms with Crippen molar-refractivity contribution in [3.05, 3.63) is 96.1 Å². The molecule has 0 radical (unpaired) electrons. The van der Waals surface area contributed by atoms with E-state index in [4.69, 9.17) is 9.47 Å². The number of ether oxygens (including phenoxy) is 2. The Morgan fingerprint density at radius 1 is 0.857 bits per heavy atom. The fraction of sp³-hybridized carbons (Fsp3) is 0.310. The summed E-state index contributed by atoms with van der Waals surface area (Å²) in [5.41, 5.74) is 2.11. The number of esters is 1. The maximum absolute atomic E-state index is 13.7. The predicted molar refractivity (Wildman–Crippen MR) is 136 cm³/mol. The largest absolute Gasteiger partial charge is 0.497 e. The van der Waals surface area contributed by atoms with Gasteiger partial charge in [0, 0.05) is 18.8 Å². The van der Waals surface area contributed by atoms with Gasteiger partial charge in [0.15, 0.2) is 6.04 Å². The lowest BCUT2D eigenvalue weighted by molar-refractivity contribution is -0.165. The van der Waals surface area contributed by atoms with Crippen LogP contribution in [-0.2, 0) is 27.4 Å². The molecule has 1 saturated heterocycles. The van der Waals surface area contributed by atoms with Crippen LogP contribution in [0.2, 0.25) is 0 Å². The third kappa shape index (κ3) is 5.72. The van der Waals surface area contributed by atoms with Crippen molar-refractivity contribution < 1.29 is 19.1 Å². The van der Waals surface area contributed by atoms with Gasteiger partial charge < -0.3 is 9.47 Å². The molecule has 1 aliphatic rings. The van der Waals surface area contributed by atoms with E-state index < -0.39 is 23.7 Å². The van der Waals surface area contributed by atoms with E-state index in [-0.39, 0.29) is 5.91 Å². The predicted octanol–water partition coefficient (Wildman–Crippen LogP) is 4.82. The third-order valence-corrected chi connectivity index (χ3v) is 5.92. The van der Waals surface area contributed by atoms with Gasteiger partial charge in [-0.05, 0) is 56.2 Å². The summed E-state index contributed by atoms with van der Waals surface area (Å²) in [5.74, 6) is 0.142. The maximum Gasteiger partial charge on any atom is 0.331 e. The zero-order chi connectivity index (χ0) is 25.0. The van der Waals surface area contributed by atoms with E-state index in [0.717, 1.165) is 11.1 Å². The summed E-state index contributed by atoms with van der Waals surface area (Å²) in [6.07, 6.45) is 0. The highest BCUT2D eigenvalue weighted by Crippen LogP contribution is 2.35. The minimum Gasteiger partial charge on any atom is -0.497 e. The second kappa shape index (κ2) is 10.3. The van der Waals surface area contributed by atoms with Crippen LogP contribution in [0.4, 0.5) is 5.69 Å². The fourth-order valence-corrected chi connectivity index (χ4v) is 4.35. The first kappa shape index (κ1) is 24.5. The van der Waals surface area contributed by atoms with Crippen LogP contribution in [0.5, 0.6) is 5.75 Å². The number of nitrogens with zero attached hydrogens (tertiary/aromatic N) is 2. The number of amides is 1. The number of methoxy groups -OCH3 is 1. The average Bonchev–Trinajstić information content (AvgIpc) is 2.83. The number of hydrogen-bond donors (Lipinski definition) is 0. The van der Waals surface area contributed by atoms with E-state index in [0.29, 0.717) is 24.5 Å². The molecule has 6 heteroatoms. The smallest absolute Gasteiger partial charge is 0.331 e. The van der Waals surface area contributed by atoms with Crippen molar-refractivity contribution >= 4 is 17.6 Å². The van der Waals surface area contributed by atoms with Crippen LogP contribution in [0.3, 0.4) is 0 Å². The van der Waals surface area contributed by atoms with E-state index >= 15 is 0 Å². The van der Waals surface area contributed by atoms with Crippen molar-refractivity contribution in [1.82, 2.24) is 4.90 Å². The molecule has 2 atom stereocenters. The monoisotopic (exact) mass is 472 g/mol. The number of carbonyl (C=O) groups is 2. The molecule has 0 saturated carbocycles. The van der Waals surface area contributed by atoms with Crippen molar-refractivity contribution in [3.8, 4) is 5.75 Å². The van der Waals surface area contributed by atoms with Gasteiger partial charge in [-0.1, -0.05) is 60.7 Å². The first-order chi connectivity index (χ1) is 16.8. The molecule has 4 rings (SSSR count). The van der Waals surface area contributed by atoms with Crippen LogP contribution in [0.25, 0.3) is 0 Å². The summed E-state index contributed by atoms with van der Waals surface area (Å²) in [7, 11) is 1.59. The van der Waals surface area contributed by atoms with Gasteiger partial charge in [-0.25, -0.2) is 4.79 Å². The highest BCUT2D eigenvalue weighted by molar-refractivity contribution is 6.13. The molecule has 0 bridgehead atoms. The first-order valence-electron chi connectivity index (χ1n) is 11.8. The molecule has 1 fully saturated rings. The van der Waals surface area contributed by atoms with E-state index in [1.54, 1.807) is 36.3 Å². The van der Waals surface area contributed by atoms with E-state index in [1.807, 2.05) is 81.4 Å². The lowest BCUT2D eigenvalue weighted by Crippen LogP contribution is -2.74. The van der Waals surface area contributed by atoms with E-state index in [1.165, 1.54) is 0 Å². The molecule has 1 amide bonds. The minimum atomic E-state index is -0.762. The lowest BCUT2D eigenvalue weighted by Gasteiger charge is -2.50. The van der Waals surface area contributed by atoms with Crippen LogP contribution in [0.15, 0.2) is 84.9 Å². The fourth-order valence-electron chi connectivity index (χ4n) is 4.35. The summed E-state index contributed by atoms with van der Waals surface area (Å²) < 4.78 is 11.0. The van der Waals surface area contributed by atoms with Gasteiger partial charge in [-0.2, -0.15) is 0 Å². The van der Waals surface area contributed by atoms with Crippen molar-refractivity contribution in [2.75, 3.05) is 12.0 Å². The zero-order valence-electron chi connectivity index (χ0n) is 20.7. The van der Waals surface area contributed by atoms with Gasteiger partial charge in [-0.3, -0.25) is 14.6 Å². The lowest BCUT2D eigenvalue weighted by atomic mass is 9.90. The molecule has 0 spiro atoms. The summed E-state index contributed by atoms with van der Waals surface area (Å²) in [6, 6.07) is 25.7. The van der Waals surface area contributed by atoms with Gasteiger partial charge in [0.2, 0.25) is 5.91 Å². The topological polar surface area (TPSA) is 59.1 Å². The Kier molecular flexibility index (Phi) is 7.22. The Labute approximate surface area is 207 Å². The summed E-state index contributed by atoms with van der Waals surface area (Å²) in [6.45, 7) is 6.57. The Morgan fingerprint density at radius 2 is 1.37 bits per heavy atom. The average molecular weight is 473 g/mol. The molecule has 3 aromatic rings. The Balaban J connectivity index is 1.69. The molecule has 0 aliphatic carbocycles. The Bertz CT molecular complexity index is 1100. The van der Waals surface area contributed by atoms with E-state index in [9.17, 15) is 9.59 Å². The van der Waals surface area contributed by atoms with Crippen molar-refractivity contribution in [3.63, 3.8) is 0 Å². The summed E-state index contributed by atoms with van der Waals surface area (Å²) in [4.78, 5) is 30.7. The van der Waals surface area contributed by atoms with Crippen molar-refractivity contribution in [2.24, 2.45) is 0 Å². The minimum absolute atomic E-state index is 0.127. The number of rotatable bonds is 8. The normalized spacial score (nSPS) is 17.7. The zero-order valence-corrected chi connectivity index (χ0v) is 20.7. The van der Waals surface area contributed by atoms with Gasteiger partial charge in [-0.15, -0.1) is 0 Å². The van der Waals surface area contributed by atoms with Gasteiger partial charge >= 0.3 is 5.97 Å². The van der Waals surface area contributed by atoms with E-state index in [2.05, 4.69) is 4.90 Å². The van der Waals surface area contributed by atoms with Gasteiger partial charge in [0.05, 0.1) is 7.11 Å². The highest BCUT2D eigenvalue weighted by Gasteiger charge is 2.56. The van der Waals surface area contributed by atoms with Crippen LogP contribution in [-0.4, -0.2) is 41.6 Å². The maximum atomic E-state index is 13.7. The molecular weight excluding hydrogens is 440 g/mol. The second-order valence-corrected chi connectivity index (χ2v) is 9.71. The number of β-lactam (4-membered cyclic amide) rings is 1. The summed E-state index contributed by atoms with van der Waals surface area (Å²) >= 11 is 0.